The van der Waals surface area contributed by atoms with E-state index < -0.39 is 0 Å². The fourth-order valence-electron chi connectivity index (χ4n) is 0.956. The molecule has 0 aliphatic heterocycles. The summed E-state index contributed by atoms with van der Waals surface area (Å²) < 4.78 is 4.94. The number of aryl methyl sites for hydroxylation is 1. The van der Waals surface area contributed by atoms with Gasteiger partial charge in [-0.2, -0.15) is 0 Å². The average molecular weight is 235 g/mol. The third kappa shape index (κ3) is 7.39. The molecule has 1 aromatic carbocycles. The van der Waals surface area contributed by atoms with Gasteiger partial charge in [0, 0.05) is 17.7 Å². The largest absolute Gasteiger partial charge is 0.379 e. The number of nitrogens with zero attached hydrogens (tertiary/aromatic N) is 3. The van der Waals surface area contributed by atoms with Crippen molar-refractivity contribution in [1.82, 2.24) is 0 Å². The van der Waals surface area contributed by atoms with E-state index in [0.29, 0.717) is 0 Å². The minimum absolute atomic E-state index is 0.0417. The van der Waals surface area contributed by atoms with Gasteiger partial charge in [-0.3, -0.25) is 0 Å². The number of azide groups is 1. The zero-order valence-corrected chi connectivity index (χ0v) is 11.3. The third-order valence-electron chi connectivity index (χ3n) is 2.14. The van der Waals surface area contributed by atoms with Gasteiger partial charge in [0.25, 0.3) is 0 Å². The first-order valence-corrected chi connectivity index (χ1v) is 5.62. The Bertz CT molecular complexity index is 376. The Morgan fingerprint density at radius 1 is 1.29 bits per heavy atom. The maximum atomic E-state index is 8.20. The van der Waals surface area contributed by atoms with Crippen LogP contribution in [-0.4, -0.2) is 12.7 Å². The van der Waals surface area contributed by atoms with Gasteiger partial charge in [0.2, 0.25) is 0 Å². The van der Waals surface area contributed by atoms with Gasteiger partial charge < -0.3 is 4.74 Å². The van der Waals surface area contributed by atoms with Crippen molar-refractivity contribution in [2.75, 3.05) is 7.11 Å². The number of benzene rings is 1. The van der Waals surface area contributed by atoms with Crippen molar-refractivity contribution >= 4 is 5.69 Å². The standard InChI is InChI=1S/C8H9N3.C5H12O/c1-2-7-5-3-4-6-8(7)10-11-9;1-5(2,3)6-4/h3-6H,2H2,1H3;1-4H3. The number of hydrogen-bond acceptors (Lipinski definition) is 2. The lowest BCUT2D eigenvalue weighted by molar-refractivity contribution is 0.0397. The number of ether oxygens (including phenoxy) is 1. The summed E-state index contributed by atoms with van der Waals surface area (Å²) in [5.74, 6) is 0. The molecule has 0 bridgehead atoms. The van der Waals surface area contributed by atoms with E-state index in [1.807, 2.05) is 52.0 Å². The molecule has 4 heteroatoms. The molecule has 0 aliphatic carbocycles. The monoisotopic (exact) mass is 235 g/mol. The maximum absolute atomic E-state index is 8.20. The van der Waals surface area contributed by atoms with Gasteiger partial charge in [-0.15, -0.1) is 0 Å². The smallest absolute Gasteiger partial charge is 0.0594 e. The molecule has 4 nitrogen and oxygen atoms in total. The normalized spacial score (nSPS) is 9.94. The van der Waals surface area contributed by atoms with Crippen LogP contribution in [0.5, 0.6) is 0 Å². The molecule has 0 radical (unpaired) electrons. The zero-order valence-electron chi connectivity index (χ0n) is 11.3. The van der Waals surface area contributed by atoms with Crippen molar-refractivity contribution in [2.45, 2.75) is 39.7 Å². The van der Waals surface area contributed by atoms with E-state index in [4.69, 9.17) is 10.3 Å². The summed E-state index contributed by atoms with van der Waals surface area (Å²) in [7, 11) is 1.71. The molecule has 0 unspecified atom stereocenters. The molecule has 1 aromatic rings. The quantitative estimate of drug-likeness (QED) is 0.419. The molecule has 0 N–H and O–H groups in total. The second-order valence-corrected chi connectivity index (χ2v) is 4.49. The van der Waals surface area contributed by atoms with Crippen molar-refractivity contribution in [3.8, 4) is 0 Å². The average Bonchev–Trinajstić information content (AvgIpc) is 2.30. The Labute approximate surface area is 103 Å². The van der Waals surface area contributed by atoms with Gasteiger partial charge in [-0.1, -0.05) is 36.3 Å². The highest BCUT2D eigenvalue weighted by Gasteiger charge is 2.04. The van der Waals surface area contributed by atoms with Crippen LogP contribution < -0.4 is 0 Å². The van der Waals surface area contributed by atoms with E-state index in [-0.39, 0.29) is 5.60 Å². The molecule has 0 aliphatic rings. The van der Waals surface area contributed by atoms with Crippen LogP contribution in [0.2, 0.25) is 0 Å². The molecule has 0 atom stereocenters. The summed E-state index contributed by atoms with van der Waals surface area (Å²) in [5, 5.41) is 3.56. The first-order chi connectivity index (χ1) is 7.94. The lowest BCUT2D eigenvalue weighted by atomic mass is 10.1. The summed E-state index contributed by atoms with van der Waals surface area (Å²) in [6.07, 6.45) is 0.898. The molecule has 94 valence electrons. The minimum Gasteiger partial charge on any atom is -0.379 e. The van der Waals surface area contributed by atoms with E-state index in [1.54, 1.807) is 7.11 Å². The molecule has 0 amide bonds. The summed E-state index contributed by atoms with van der Waals surface area (Å²) in [4.78, 5) is 2.74. The van der Waals surface area contributed by atoms with Gasteiger partial charge in [0.1, 0.15) is 0 Å². The SMILES string of the molecule is CCc1ccccc1N=[N+]=[N-].COC(C)(C)C. The van der Waals surface area contributed by atoms with E-state index >= 15 is 0 Å². The van der Waals surface area contributed by atoms with E-state index in [9.17, 15) is 0 Å². The molecule has 0 fully saturated rings. The Kier molecular flexibility index (Phi) is 7.03. The predicted octanol–water partition coefficient (Wildman–Crippen LogP) is 4.62. The van der Waals surface area contributed by atoms with E-state index in [1.165, 1.54) is 0 Å². The van der Waals surface area contributed by atoms with E-state index in [0.717, 1.165) is 17.7 Å². The molecular formula is C13H21N3O. The van der Waals surface area contributed by atoms with Crippen molar-refractivity contribution in [3.05, 3.63) is 40.3 Å². The van der Waals surface area contributed by atoms with Gasteiger partial charge >= 0.3 is 0 Å². The number of hydrogen-bond donors (Lipinski definition) is 0. The zero-order chi connectivity index (χ0) is 13.3. The van der Waals surface area contributed by atoms with Gasteiger partial charge in [0.05, 0.1) is 5.60 Å². The molecule has 0 saturated carbocycles. The number of methoxy groups -OCH3 is 1. The van der Waals surface area contributed by atoms with Crippen LogP contribution in [0.3, 0.4) is 0 Å². The van der Waals surface area contributed by atoms with Crippen LogP contribution in [0.4, 0.5) is 5.69 Å². The summed E-state index contributed by atoms with van der Waals surface area (Å²) >= 11 is 0. The topological polar surface area (TPSA) is 58.0 Å². The maximum Gasteiger partial charge on any atom is 0.0594 e. The molecule has 0 aromatic heterocycles. The van der Waals surface area contributed by atoms with Crippen molar-refractivity contribution in [3.63, 3.8) is 0 Å². The highest BCUT2D eigenvalue weighted by Crippen LogP contribution is 2.18. The Hall–Kier alpha value is -1.51. The molecule has 0 heterocycles. The Morgan fingerprint density at radius 2 is 1.82 bits per heavy atom. The lowest BCUT2D eigenvalue weighted by Gasteiger charge is -2.14. The van der Waals surface area contributed by atoms with Crippen LogP contribution in [0.25, 0.3) is 10.4 Å². The van der Waals surface area contributed by atoms with Crippen molar-refractivity contribution < 1.29 is 4.74 Å². The molecular weight excluding hydrogens is 214 g/mol. The lowest BCUT2D eigenvalue weighted by Crippen LogP contribution is -2.15. The summed E-state index contributed by atoms with van der Waals surface area (Å²) in [6.45, 7) is 8.10. The molecule has 17 heavy (non-hydrogen) atoms. The highest BCUT2D eigenvalue weighted by molar-refractivity contribution is 5.45. The van der Waals surface area contributed by atoms with Crippen LogP contribution in [0.1, 0.15) is 33.3 Å². The highest BCUT2D eigenvalue weighted by atomic mass is 16.5. The van der Waals surface area contributed by atoms with Crippen LogP contribution >= 0.6 is 0 Å². The van der Waals surface area contributed by atoms with Crippen LogP contribution in [-0.2, 0) is 11.2 Å². The molecule has 1 rings (SSSR count). The minimum atomic E-state index is 0.0417. The van der Waals surface area contributed by atoms with Crippen molar-refractivity contribution in [1.29, 1.82) is 0 Å². The summed E-state index contributed by atoms with van der Waals surface area (Å²) in [5.41, 5.74) is 10.1. The molecule has 0 saturated heterocycles. The van der Waals surface area contributed by atoms with Crippen LogP contribution in [0.15, 0.2) is 29.4 Å². The predicted molar refractivity (Wildman–Crippen MR) is 71.4 cm³/mol. The molecule has 0 spiro atoms. The van der Waals surface area contributed by atoms with E-state index in [2.05, 4.69) is 10.0 Å². The van der Waals surface area contributed by atoms with Gasteiger partial charge in [-0.05, 0) is 38.3 Å². The second kappa shape index (κ2) is 7.71. The second-order valence-electron chi connectivity index (χ2n) is 4.49. The van der Waals surface area contributed by atoms with Gasteiger partial charge in [0.15, 0.2) is 0 Å². The Morgan fingerprint density at radius 3 is 2.24 bits per heavy atom. The fourth-order valence-corrected chi connectivity index (χ4v) is 0.956. The summed E-state index contributed by atoms with van der Waals surface area (Å²) in [6, 6.07) is 7.58. The van der Waals surface area contributed by atoms with Crippen LogP contribution in [0, 0.1) is 0 Å². The first kappa shape index (κ1) is 15.5. The Balaban J connectivity index is 0.000000366. The van der Waals surface area contributed by atoms with Gasteiger partial charge in [-0.25, -0.2) is 0 Å². The fraction of sp³-hybridized carbons (Fsp3) is 0.538. The number of rotatable bonds is 2. The van der Waals surface area contributed by atoms with Crippen molar-refractivity contribution in [2.24, 2.45) is 5.11 Å². The first-order valence-electron chi connectivity index (χ1n) is 5.62. The third-order valence-corrected chi connectivity index (χ3v) is 2.14.